The number of ketones is 1. The normalized spacial score (nSPS) is 36.9. The first-order valence-electron chi connectivity index (χ1n) is 7.72. The van der Waals surface area contributed by atoms with E-state index in [0.29, 0.717) is 4.88 Å². The van der Waals surface area contributed by atoms with Gasteiger partial charge in [-0.1, -0.05) is 0 Å². The monoisotopic (exact) mass is 305 g/mol. The average Bonchev–Trinajstić information content (AvgIpc) is 2.82. The number of hydrogen-bond acceptors (Lipinski definition) is 4. The maximum Gasteiger partial charge on any atom is 0.356 e. The lowest BCUT2D eigenvalue weighted by Crippen LogP contribution is -2.48. The Balaban J connectivity index is 1.78. The number of aromatic nitrogens is 1. The number of Topliss-reactive ketones (excluding diaryl/α,β-unsaturated/α-hetero) is 1. The number of carbonyl (C=O) groups is 2. The van der Waals surface area contributed by atoms with Crippen LogP contribution < -0.4 is 0 Å². The molecule has 21 heavy (non-hydrogen) atoms. The predicted octanol–water partition coefficient (Wildman–Crippen LogP) is 3.51. The second kappa shape index (κ2) is 4.38. The van der Waals surface area contributed by atoms with Crippen LogP contribution in [-0.2, 0) is 5.41 Å². The summed E-state index contributed by atoms with van der Waals surface area (Å²) < 4.78 is 0. The highest BCUT2D eigenvalue weighted by Crippen LogP contribution is 2.61. The first-order chi connectivity index (χ1) is 9.97. The first-order valence-corrected chi connectivity index (χ1v) is 8.54. The number of aromatic carboxylic acids is 1. The lowest BCUT2D eigenvalue weighted by Gasteiger charge is -2.56. The number of carbonyl (C=O) groups excluding carboxylic acids is 1. The van der Waals surface area contributed by atoms with Crippen molar-refractivity contribution >= 4 is 23.1 Å². The van der Waals surface area contributed by atoms with E-state index in [1.807, 2.05) is 0 Å². The molecule has 5 heteroatoms. The summed E-state index contributed by atoms with van der Waals surface area (Å²) in [7, 11) is 0. The van der Waals surface area contributed by atoms with Gasteiger partial charge >= 0.3 is 5.97 Å². The molecule has 4 aliphatic carbocycles. The van der Waals surface area contributed by atoms with Crippen molar-refractivity contribution in [1.29, 1.82) is 0 Å². The molecule has 0 aromatic carbocycles. The molecule has 0 atom stereocenters. The third-order valence-electron chi connectivity index (χ3n) is 5.64. The van der Waals surface area contributed by atoms with Crippen molar-refractivity contribution in [3.8, 4) is 0 Å². The minimum Gasteiger partial charge on any atom is -0.476 e. The highest BCUT2D eigenvalue weighted by atomic mass is 32.1. The second-order valence-corrected chi connectivity index (χ2v) is 8.26. The number of rotatable bonds is 3. The first kappa shape index (κ1) is 13.4. The summed E-state index contributed by atoms with van der Waals surface area (Å²) in [6, 6.07) is 0. The summed E-state index contributed by atoms with van der Waals surface area (Å²) in [4.78, 5) is 27.8. The van der Waals surface area contributed by atoms with Crippen LogP contribution in [0.3, 0.4) is 0 Å². The summed E-state index contributed by atoms with van der Waals surface area (Å²) >= 11 is 1.34. The number of carboxylic acid groups (broad SMARTS) is 1. The summed E-state index contributed by atoms with van der Waals surface area (Å²) in [5.41, 5.74) is 0.0374. The Morgan fingerprint density at radius 2 is 1.67 bits per heavy atom. The molecule has 0 spiro atoms. The van der Waals surface area contributed by atoms with Crippen molar-refractivity contribution in [2.24, 2.45) is 17.8 Å². The minimum atomic E-state index is -1.08. The maximum atomic E-state index is 11.7. The van der Waals surface area contributed by atoms with Gasteiger partial charge in [-0.3, -0.25) is 4.79 Å². The largest absolute Gasteiger partial charge is 0.476 e. The zero-order chi connectivity index (χ0) is 14.8. The van der Waals surface area contributed by atoms with Crippen LogP contribution in [0.15, 0.2) is 0 Å². The van der Waals surface area contributed by atoms with E-state index in [9.17, 15) is 14.7 Å². The van der Waals surface area contributed by atoms with Crippen molar-refractivity contribution in [1.82, 2.24) is 4.98 Å². The molecule has 0 radical (unpaired) electrons. The number of hydrogen-bond donors (Lipinski definition) is 1. The van der Waals surface area contributed by atoms with Gasteiger partial charge < -0.3 is 5.11 Å². The molecule has 0 unspecified atom stereocenters. The minimum absolute atomic E-state index is 0.0294. The van der Waals surface area contributed by atoms with Gasteiger partial charge in [-0.15, -0.1) is 11.3 Å². The quantitative estimate of drug-likeness (QED) is 0.868. The van der Waals surface area contributed by atoms with Crippen molar-refractivity contribution in [2.45, 2.75) is 50.9 Å². The van der Waals surface area contributed by atoms with Crippen LogP contribution in [0.4, 0.5) is 0 Å². The molecule has 0 saturated heterocycles. The predicted molar refractivity (Wildman–Crippen MR) is 78.9 cm³/mol. The zero-order valence-corrected chi connectivity index (χ0v) is 12.9. The zero-order valence-electron chi connectivity index (χ0n) is 12.1. The molecular weight excluding hydrogens is 286 g/mol. The van der Waals surface area contributed by atoms with Gasteiger partial charge in [-0.25, -0.2) is 9.78 Å². The van der Waals surface area contributed by atoms with Gasteiger partial charge in [0.2, 0.25) is 0 Å². The van der Waals surface area contributed by atoms with Gasteiger partial charge in [-0.2, -0.15) is 0 Å². The van der Waals surface area contributed by atoms with Gasteiger partial charge in [0.15, 0.2) is 11.5 Å². The highest BCUT2D eigenvalue weighted by molar-refractivity contribution is 7.14. The Morgan fingerprint density at radius 1 is 1.14 bits per heavy atom. The maximum absolute atomic E-state index is 11.7. The van der Waals surface area contributed by atoms with Crippen LogP contribution in [0.25, 0.3) is 0 Å². The molecule has 4 bridgehead atoms. The summed E-state index contributed by atoms with van der Waals surface area (Å²) in [6.07, 6.45) is 7.46. The topological polar surface area (TPSA) is 67.3 Å². The molecule has 1 heterocycles. The molecule has 1 aromatic heterocycles. The van der Waals surface area contributed by atoms with Crippen LogP contribution >= 0.6 is 11.3 Å². The van der Waals surface area contributed by atoms with Crippen LogP contribution in [0.5, 0.6) is 0 Å². The second-order valence-electron chi connectivity index (χ2n) is 7.26. The molecule has 1 N–H and O–H groups in total. The molecule has 4 nitrogen and oxygen atoms in total. The van der Waals surface area contributed by atoms with Crippen LogP contribution in [0.1, 0.15) is 70.6 Å². The molecule has 1 aromatic rings. The SMILES string of the molecule is CC(=O)c1sc(C23CC4CC(CC(C4)C2)C3)nc1C(=O)O. The van der Waals surface area contributed by atoms with Gasteiger partial charge in [0.05, 0.1) is 0 Å². The van der Waals surface area contributed by atoms with E-state index in [1.54, 1.807) is 0 Å². The van der Waals surface area contributed by atoms with E-state index in [-0.39, 0.29) is 16.9 Å². The Morgan fingerprint density at radius 3 is 2.05 bits per heavy atom. The number of nitrogens with zero attached hydrogens (tertiary/aromatic N) is 1. The molecule has 4 aliphatic rings. The standard InChI is InChI=1S/C16H19NO3S/c1-8(18)13-12(14(19)20)17-15(21-13)16-5-9-2-10(6-16)4-11(3-9)7-16/h9-11H,2-7H2,1H3,(H,19,20). The van der Waals surface area contributed by atoms with Crippen molar-refractivity contribution in [2.75, 3.05) is 0 Å². The fourth-order valence-corrected chi connectivity index (χ4v) is 6.47. The Bertz CT molecular complexity index is 567. The van der Waals surface area contributed by atoms with E-state index in [2.05, 4.69) is 4.98 Å². The fourth-order valence-electron chi connectivity index (χ4n) is 5.30. The molecular formula is C16H19NO3S. The van der Waals surface area contributed by atoms with E-state index in [1.165, 1.54) is 37.5 Å². The highest BCUT2D eigenvalue weighted by Gasteiger charge is 2.53. The Kier molecular flexibility index (Phi) is 2.80. The van der Waals surface area contributed by atoms with E-state index >= 15 is 0 Å². The van der Waals surface area contributed by atoms with E-state index < -0.39 is 5.97 Å². The van der Waals surface area contributed by atoms with Crippen molar-refractivity contribution in [3.05, 3.63) is 15.6 Å². The third-order valence-corrected chi connectivity index (χ3v) is 7.04. The van der Waals surface area contributed by atoms with Crippen molar-refractivity contribution < 1.29 is 14.7 Å². The average molecular weight is 305 g/mol. The summed E-state index contributed by atoms with van der Waals surface area (Å²) in [5, 5.41) is 10.2. The molecule has 0 amide bonds. The fraction of sp³-hybridized carbons (Fsp3) is 0.688. The van der Waals surface area contributed by atoms with Gasteiger partial charge in [0.25, 0.3) is 0 Å². The van der Waals surface area contributed by atoms with Gasteiger partial charge in [0.1, 0.15) is 9.88 Å². The van der Waals surface area contributed by atoms with Gasteiger partial charge in [0, 0.05) is 12.3 Å². The molecule has 0 aliphatic heterocycles. The molecule has 4 saturated carbocycles. The van der Waals surface area contributed by atoms with Gasteiger partial charge in [-0.05, 0) is 56.3 Å². The Hall–Kier alpha value is -1.23. The summed E-state index contributed by atoms with van der Waals surface area (Å²) in [6.45, 7) is 1.43. The van der Waals surface area contributed by atoms with E-state index in [0.717, 1.165) is 42.0 Å². The molecule has 112 valence electrons. The van der Waals surface area contributed by atoms with Crippen molar-refractivity contribution in [3.63, 3.8) is 0 Å². The van der Waals surface area contributed by atoms with Crippen LogP contribution in [-0.4, -0.2) is 21.8 Å². The summed E-state index contributed by atoms with van der Waals surface area (Å²) in [5.74, 6) is 1.10. The third kappa shape index (κ3) is 1.97. The number of thiazole rings is 1. The molecule has 4 fully saturated rings. The number of carboxylic acids is 1. The smallest absolute Gasteiger partial charge is 0.356 e. The van der Waals surface area contributed by atoms with Crippen LogP contribution in [0.2, 0.25) is 0 Å². The lowest BCUT2D eigenvalue weighted by molar-refractivity contribution is -0.00533. The van der Waals surface area contributed by atoms with Crippen LogP contribution in [0, 0.1) is 17.8 Å². The Labute approximate surface area is 127 Å². The molecule has 5 rings (SSSR count). The van der Waals surface area contributed by atoms with E-state index in [4.69, 9.17) is 0 Å². The lowest BCUT2D eigenvalue weighted by atomic mass is 9.50.